The molecule has 10 heavy (non-hydrogen) atoms. The number of nitrogens with two attached hydrogens (primary N) is 1. The van der Waals surface area contributed by atoms with Crippen molar-refractivity contribution >= 4 is 0 Å². The molecule has 2 N–H and O–H groups in total. The quantitative estimate of drug-likeness (QED) is 0.639. The Balaban J connectivity index is 3.56. The van der Waals surface area contributed by atoms with Crippen LogP contribution < -0.4 is 5.73 Å². The molecule has 0 aromatic heterocycles. The third-order valence-electron chi connectivity index (χ3n) is 0.877. The molecule has 0 amide bonds. The van der Waals surface area contributed by atoms with Gasteiger partial charge in [0.25, 0.3) is 0 Å². The van der Waals surface area contributed by atoms with Gasteiger partial charge < -0.3 is 10.5 Å². The predicted molar refractivity (Wildman–Crippen MR) is 44.0 cm³/mol. The molecule has 0 aliphatic rings. The normalized spacial score (nSPS) is 13.8. The molecule has 0 spiro atoms. The van der Waals surface area contributed by atoms with Crippen LogP contribution in [0, 0.1) is 0 Å². The minimum atomic E-state index is -0.215. The van der Waals surface area contributed by atoms with Crippen molar-refractivity contribution in [3.05, 3.63) is 0 Å². The van der Waals surface area contributed by atoms with E-state index in [2.05, 4.69) is 0 Å². The van der Waals surface area contributed by atoms with Crippen LogP contribution >= 0.6 is 0 Å². The Labute approximate surface area is 63.7 Å². The Morgan fingerprint density at radius 3 is 1.60 bits per heavy atom. The monoisotopic (exact) mass is 145 g/mol. The van der Waals surface area contributed by atoms with E-state index in [9.17, 15) is 0 Å². The highest BCUT2D eigenvalue weighted by atomic mass is 16.5. The van der Waals surface area contributed by atoms with Crippen LogP contribution in [-0.2, 0) is 4.74 Å². The lowest BCUT2D eigenvalue weighted by Crippen LogP contribution is -2.40. The molecule has 0 saturated heterocycles. The molecule has 0 rings (SSSR count). The predicted octanol–water partition coefficient (Wildman–Crippen LogP) is 1.54. The van der Waals surface area contributed by atoms with Crippen molar-refractivity contribution in [1.82, 2.24) is 0 Å². The van der Waals surface area contributed by atoms with E-state index in [1.807, 2.05) is 34.6 Å². The first-order valence-electron chi connectivity index (χ1n) is 3.64. The Bertz CT molecular complexity index is 82.8. The summed E-state index contributed by atoms with van der Waals surface area (Å²) >= 11 is 0. The van der Waals surface area contributed by atoms with Crippen LogP contribution in [0.25, 0.3) is 0 Å². The minimum Gasteiger partial charge on any atom is -0.374 e. The van der Waals surface area contributed by atoms with Gasteiger partial charge in [-0.05, 0) is 34.6 Å². The second-order valence-corrected chi connectivity index (χ2v) is 4.39. The molecular weight excluding hydrogens is 126 g/mol. The summed E-state index contributed by atoms with van der Waals surface area (Å²) in [5.74, 6) is 0. The number of ether oxygens (including phenoxy) is 1. The first-order valence-corrected chi connectivity index (χ1v) is 3.64. The number of hydrogen-bond acceptors (Lipinski definition) is 2. The van der Waals surface area contributed by atoms with E-state index in [0.29, 0.717) is 6.61 Å². The second-order valence-electron chi connectivity index (χ2n) is 4.39. The molecule has 0 radical (unpaired) electrons. The van der Waals surface area contributed by atoms with Crippen molar-refractivity contribution in [2.24, 2.45) is 5.73 Å². The maximum Gasteiger partial charge on any atom is 0.0647 e. The van der Waals surface area contributed by atoms with Gasteiger partial charge in [-0.3, -0.25) is 0 Å². The SMILES string of the molecule is CC(C)(N)COC(C)(C)C. The van der Waals surface area contributed by atoms with Crippen molar-refractivity contribution in [3.63, 3.8) is 0 Å². The van der Waals surface area contributed by atoms with E-state index in [4.69, 9.17) is 10.5 Å². The van der Waals surface area contributed by atoms with Crippen LogP contribution in [0.5, 0.6) is 0 Å². The van der Waals surface area contributed by atoms with Crippen molar-refractivity contribution in [1.29, 1.82) is 0 Å². The first kappa shape index (κ1) is 9.92. The van der Waals surface area contributed by atoms with Gasteiger partial charge in [-0.1, -0.05) is 0 Å². The zero-order valence-corrected chi connectivity index (χ0v) is 7.69. The molecule has 0 atom stereocenters. The van der Waals surface area contributed by atoms with Crippen LogP contribution in [0.2, 0.25) is 0 Å². The van der Waals surface area contributed by atoms with Gasteiger partial charge in [0, 0.05) is 5.54 Å². The third-order valence-corrected chi connectivity index (χ3v) is 0.877. The molecule has 0 saturated carbocycles. The van der Waals surface area contributed by atoms with E-state index in [-0.39, 0.29) is 11.1 Å². The maximum atomic E-state index is 5.72. The minimum absolute atomic E-state index is 0.0728. The Hall–Kier alpha value is -0.0800. The molecule has 0 unspecified atom stereocenters. The molecule has 0 aromatic carbocycles. The maximum absolute atomic E-state index is 5.72. The van der Waals surface area contributed by atoms with Crippen LogP contribution in [-0.4, -0.2) is 17.7 Å². The van der Waals surface area contributed by atoms with Crippen LogP contribution in [0.3, 0.4) is 0 Å². The summed E-state index contributed by atoms with van der Waals surface area (Å²) in [4.78, 5) is 0. The number of rotatable bonds is 2. The lowest BCUT2D eigenvalue weighted by molar-refractivity contribution is -0.0230. The van der Waals surface area contributed by atoms with Crippen molar-refractivity contribution < 1.29 is 4.74 Å². The Morgan fingerprint density at radius 1 is 1.10 bits per heavy atom. The van der Waals surface area contributed by atoms with Crippen LogP contribution in [0.15, 0.2) is 0 Å². The summed E-state index contributed by atoms with van der Waals surface area (Å²) in [7, 11) is 0. The molecule has 0 bridgehead atoms. The Morgan fingerprint density at radius 2 is 1.50 bits per heavy atom. The van der Waals surface area contributed by atoms with Gasteiger partial charge in [-0.15, -0.1) is 0 Å². The summed E-state index contributed by atoms with van der Waals surface area (Å²) in [6, 6.07) is 0. The van der Waals surface area contributed by atoms with Gasteiger partial charge in [0.05, 0.1) is 12.2 Å². The topological polar surface area (TPSA) is 35.2 Å². The van der Waals surface area contributed by atoms with Gasteiger partial charge in [-0.2, -0.15) is 0 Å². The van der Waals surface area contributed by atoms with E-state index in [1.165, 1.54) is 0 Å². The third kappa shape index (κ3) is 7.92. The van der Waals surface area contributed by atoms with Crippen molar-refractivity contribution in [2.45, 2.75) is 45.8 Å². The molecular formula is C8H19NO. The summed E-state index contributed by atoms with van der Waals surface area (Å²) in [6.07, 6.45) is 0. The van der Waals surface area contributed by atoms with E-state index >= 15 is 0 Å². The molecule has 2 heteroatoms. The second kappa shape index (κ2) is 2.89. The van der Waals surface area contributed by atoms with Crippen LogP contribution in [0.1, 0.15) is 34.6 Å². The fourth-order valence-corrected chi connectivity index (χ4v) is 0.403. The average Bonchev–Trinajstić information content (AvgIpc) is 1.57. The molecule has 0 aliphatic carbocycles. The van der Waals surface area contributed by atoms with Crippen LogP contribution in [0.4, 0.5) is 0 Å². The standard InChI is InChI=1S/C8H19NO/c1-7(2,3)10-6-8(4,5)9/h6,9H2,1-5H3. The van der Waals surface area contributed by atoms with E-state index in [0.717, 1.165) is 0 Å². The van der Waals surface area contributed by atoms with Crippen molar-refractivity contribution in [2.75, 3.05) is 6.61 Å². The fourth-order valence-electron chi connectivity index (χ4n) is 0.403. The van der Waals surface area contributed by atoms with Crippen molar-refractivity contribution in [3.8, 4) is 0 Å². The van der Waals surface area contributed by atoms with Gasteiger partial charge >= 0.3 is 0 Å². The highest BCUT2D eigenvalue weighted by Crippen LogP contribution is 2.09. The number of hydrogen-bond donors (Lipinski definition) is 1. The summed E-state index contributed by atoms with van der Waals surface area (Å²) in [5.41, 5.74) is 5.43. The smallest absolute Gasteiger partial charge is 0.0647 e. The molecule has 62 valence electrons. The largest absolute Gasteiger partial charge is 0.374 e. The van der Waals surface area contributed by atoms with Gasteiger partial charge in [0.1, 0.15) is 0 Å². The van der Waals surface area contributed by atoms with E-state index in [1.54, 1.807) is 0 Å². The Kier molecular flexibility index (Phi) is 2.86. The first-order chi connectivity index (χ1) is 4.21. The average molecular weight is 145 g/mol. The highest BCUT2D eigenvalue weighted by molar-refractivity contribution is 4.72. The zero-order chi connectivity index (χ0) is 8.41. The molecule has 0 heterocycles. The molecule has 2 nitrogen and oxygen atoms in total. The van der Waals surface area contributed by atoms with Gasteiger partial charge in [-0.25, -0.2) is 0 Å². The van der Waals surface area contributed by atoms with Gasteiger partial charge in [0.2, 0.25) is 0 Å². The molecule has 0 aliphatic heterocycles. The highest BCUT2D eigenvalue weighted by Gasteiger charge is 2.16. The fraction of sp³-hybridized carbons (Fsp3) is 1.00. The lowest BCUT2D eigenvalue weighted by atomic mass is 10.1. The summed E-state index contributed by atoms with van der Waals surface area (Å²) < 4.78 is 5.47. The molecule has 0 aromatic rings. The molecule has 0 fully saturated rings. The van der Waals surface area contributed by atoms with Gasteiger partial charge in [0.15, 0.2) is 0 Å². The zero-order valence-electron chi connectivity index (χ0n) is 7.69. The summed E-state index contributed by atoms with van der Waals surface area (Å²) in [5, 5.41) is 0. The summed E-state index contributed by atoms with van der Waals surface area (Å²) in [6.45, 7) is 10.6. The van der Waals surface area contributed by atoms with E-state index < -0.39 is 0 Å². The lowest BCUT2D eigenvalue weighted by Gasteiger charge is -2.26.